The molecule has 0 amide bonds. The van der Waals surface area contributed by atoms with Gasteiger partial charge in [0.25, 0.3) is 0 Å². The Morgan fingerprint density at radius 2 is 0.839 bits per heavy atom. The molecule has 0 saturated carbocycles. The number of carbonyl (C=O) groups is 3. The van der Waals surface area contributed by atoms with Crippen molar-refractivity contribution in [2.45, 2.75) is 257 Å². The lowest BCUT2D eigenvalue weighted by molar-refractivity contribution is -0.161. The molecule has 0 saturated heterocycles. The van der Waals surface area contributed by atoms with Crippen molar-refractivity contribution in [2.75, 3.05) is 19.8 Å². The molecular formula is C50H94NO10P. The molecule has 11 nitrogen and oxygen atoms in total. The Bertz CT molecular complexity index is 1150. The van der Waals surface area contributed by atoms with Gasteiger partial charge in [0, 0.05) is 12.8 Å². The molecule has 0 radical (unpaired) electrons. The molecule has 0 spiro atoms. The molecule has 12 heteroatoms. The number of allylic oxidation sites excluding steroid dienone is 4. The Morgan fingerprint density at radius 1 is 0.484 bits per heavy atom. The van der Waals surface area contributed by atoms with E-state index in [1.54, 1.807) is 0 Å². The molecule has 0 aliphatic rings. The summed E-state index contributed by atoms with van der Waals surface area (Å²) < 4.78 is 32.7. The predicted molar refractivity (Wildman–Crippen MR) is 254 cm³/mol. The third-order valence-corrected chi connectivity index (χ3v) is 12.1. The summed E-state index contributed by atoms with van der Waals surface area (Å²) in [5.41, 5.74) is 5.34. The summed E-state index contributed by atoms with van der Waals surface area (Å²) in [5, 5.41) is 8.91. The van der Waals surface area contributed by atoms with Crippen LogP contribution in [0.5, 0.6) is 0 Å². The van der Waals surface area contributed by atoms with E-state index in [1.165, 1.54) is 173 Å². The molecule has 0 aromatic carbocycles. The Balaban J connectivity index is 4.26. The minimum Gasteiger partial charge on any atom is -0.480 e. The van der Waals surface area contributed by atoms with Gasteiger partial charge in [-0.2, -0.15) is 0 Å². The summed E-state index contributed by atoms with van der Waals surface area (Å²) in [6.07, 6.45) is 49.9. The smallest absolute Gasteiger partial charge is 0.472 e. The van der Waals surface area contributed by atoms with Gasteiger partial charge in [0.05, 0.1) is 13.2 Å². The minimum absolute atomic E-state index is 0.110. The summed E-state index contributed by atoms with van der Waals surface area (Å²) in [6, 6.07) is -1.53. The number of phosphoric acid groups is 1. The third kappa shape index (κ3) is 44.6. The SMILES string of the molecule is CCCCCCCCCCCCC/C=C/CCC(=O)OC[C@@H](COP(=O)(O)OC[C@H](N)C(=O)O)OC(=O)CCC/C=C/CCCCCCCCCCCCCCCCCCCC. The largest absolute Gasteiger partial charge is 0.480 e. The fourth-order valence-corrected chi connectivity index (χ4v) is 7.98. The summed E-state index contributed by atoms with van der Waals surface area (Å²) in [7, 11) is -4.73. The molecule has 1 unspecified atom stereocenters. The maximum absolute atomic E-state index is 12.7. The van der Waals surface area contributed by atoms with Gasteiger partial charge in [-0.05, 0) is 44.9 Å². The molecule has 62 heavy (non-hydrogen) atoms. The second-order valence-electron chi connectivity index (χ2n) is 17.3. The standard InChI is InChI=1S/C50H94NO10P/c1-3-5-7-9-11-13-15-17-19-20-21-22-23-24-25-26-28-30-32-34-36-38-40-42-49(53)61-46(44-59-62(56,57)60-45-47(51)50(54)55)43-58-48(52)41-39-37-35-33-31-29-27-18-16-14-12-10-8-6-4-2/h34-37,46-47H,3-33,38-45,51H2,1-2H3,(H,54,55)(H,56,57)/b36-34+,37-35+/t46-,47-/m0/s1. The van der Waals surface area contributed by atoms with Gasteiger partial charge in [-0.3, -0.25) is 23.4 Å². The fourth-order valence-electron chi connectivity index (χ4n) is 7.21. The van der Waals surface area contributed by atoms with Gasteiger partial charge in [0.2, 0.25) is 0 Å². The summed E-state index contributed by atoms with van der Waals surface area (Å²) in [5.74, 6) is -2.47. The highest BCUT2D eigenvalue weighted by atomic mass is 31.2. The monoisotopic (exact) mass is 900 g/mol. The van der Waals surface area contributed by atoms with Crippen molar-refractivity contribution in [1.29, 1.82) is 0 Å². The lowest BCUT2D eigenvalue weighted by Gasteiger charge is -2.20. The van der Waals surface area contributed by atoms with Crippen LogP contribution in [0.2, 0.25) is 0 Å². The van der Waals surface area contributed by atoms with Crippen LogP contribution in [0.4, 0.5) is 0 Å². The number of carboxylic acids is 1. The molecule has 0 aliphatic heterocycles. The van der Waals surface area contributed by atoms with Crippen LogP contribution < -0.4 is 5.73 Å². The topological polar surface area (TPSA) is 172 Å². The fraction of sp³-hybridized carbons (Fsp3) is 0.860. The van der Waals surface area contributed by atoms with E-state index in [-0.39, 0.29) is 19.4 Å². The lowest BCUT2D eigenvalue weighted by Crippen LogP contribution is -2.34. The Kier molecular flexibility index (Phi) is 44.0. The van der Waals surface area contributed by atoms with Crippen LogP contribution in [0.3, 0.4) is 0 Å². The Labute approximate surface area is 379 Å². The molecule has 4 N–H and O–H groups in total. The molecule has 0 fully saturated rings. The van der Waals surface area contributed by atoms with Crippen LogP contribution in [-0.4, -0.2) is 59.9 Å². The molecule has 364 valence electrons. The number of ether oxygens (including phenoxy) is 2. The van der Waals surface area contributed by atoms with E-state index in [1.807, 2.05) is 6.08 Å². The number of nitrogens with two attached hydrogens (primary N) is 1. The molecule has 0 bridgehead atoms. The van der Waals surface area contributed by atoms with E-state index >= 15 is 0 Å². The van der Waals surface area contributed by atoms with Crippen molar-refractivity contribution < 1.29 is 47.5 Å². The van der Waals surface area contributed by atoms with Gasteiger partial charge in [0.1, 0.15) is 12.6 Å². The number of hydrogen-bond donors (Lipinski definition) is 3. The lowest BCUT2D eigenvalue weighted by atomic mass is 10.0. The average molecular weight is 900 g/mol. The zero-order valence-electron chi connectivity index (χ0n) is 39.7. The van der Waals surface area contributed by atoms with Gasteiger partial charge in [-0.25, -0.2) is 4.57 Å². The number of phosphoric ester groups is 1. The number of carbonyl (C=O) groups excluding carboxylic acids is 2. The van der Waals surface area contributed by atoms with Crippen LogP contribution >= 0.6 is 7.82 Å². The molecule has 3 atom stereocenters. The van der Waals surface area contributed by atoms with Crippen molar-refractivity contribution in [3.63, 3.8) is 0 Å². The number of rotatable bonds is 48. The molecular weight excluding hydrogens is 806 g/mol. The van der Waals surface area contributed by atoms with E-state index in [4.69, 9.17) is 24.8 Å². The summed E-state index contributed by atoms with van der Waals surface area (Å²) in [4.78, 5) is 46.1. The maximum Gasteiger partial charge on any atom is 0.472 e. The van der Waals surface area contributed by atoms with Crippen molar-refractivity contribution in [1.82, 2.24) is 0 Å². The van der Waals surface area contributed by atoms with Crippen LogP contribution in [0.25, 0.3) is 0 Å². The first kappa shape index (κ1) is 60.0. The first-order chi connectivity index (χ1) is 30.1. The highest BCUT2D eigenvalue weighted by molar-refractivity contribution is 7.47. The molecule has 0 aliphatic carbocycles. The van der Waals surface area contributed by atoms with Gasteiger partial charge < -0.3 is 25.2 Å². The highest BCUT2D eigenvalue weighted by Gasteiger charge is 2.28. The zero-order chi connectivity index (χ0) is 45.6. The number of unbranched alkanes of at least 4 members (excludes halogenated alkanes) is 30. The minimum atomic E-state index is -4.73. The predicted octanol–water partition coefficient (Wildman–Crippen LogP) is 14.2. The Hall–Kier alpha value is -2.04. The van der Waals surface area contributed by atoms with E-state index in [0.717, 1.165) is 25.7 Å². The maximum atomic E-state index is 12.7. The number of hydrogen-bond acceptors (Lipinski definition) is 9. The zero-order valence-corrected chi connectivity index (χ0v) is 40.6. The van der Waals surface area contributed by atoms with Crippen LogP contribution in [0.15, 0.2) is 24.3 Å². The quantitative estimate of drug-likeness (QED) is 0.0230. The van der Waals surface area contributed by atoms with Crippen LogP contribution in [0.1, 0.15) is 245 Å². The van der Waals surface area contributed by atoms with Crippen LogP contribution in [0, 0.1) is 0 Å². The van der Waals surface area contributed by atoms with Crippen molar-refractivity contribution in [3.05, 3.63) is 24.3 Å². The van der Waals surface area contributed by atoms with E-state index in [9.17, 15) is 23.8 Å². The van der Waals surface area contributed by atoms with Gasteiger partial charge in [-0.1, -0.05) is 212 Å². The normalized spacial score (nSPS) is 13.7. The second kappa shape index (κ2) is 45.5. The summed E-state index contributed by atoms with van der Waals surface area (Å²) in [6.45, 7) is 2.78. The van der Waals surface area contributed by atoms with E-state index in [0.29, 0.717) is 19.3 Å². The molecule has 0 aromatic rings. The van der Waals surface area contributed by atoms with Crippen molar-refractivity contribution >= 4 is 25.7 Å². The third-order valence-electron chi connectivity index (χ3n) is 11.2. The summed E-state index contributed by atoms with van der Waals surface area (Å²) >= 11 is 0. The first-order valence-corrected chi connectivity index (χ1v) is 26.9. The number of esters is 2. The average Bonchev–Trinajstić information content (AvgIpc) is 3.25. The first-order valence-electron chi connectivity index (χ1n) is 25.4. The highest BCUT2D eigenvalue weighted by Crippen LogP contribution is 2.43. The van der Waals surface area contributed by atoms with Gasteiger partial charge in [-0.15, -0.1) is 0 Å². The van der Waals surface area contributed by atoms with E-state index in [2.05, 4.69) is 36.6 Å². The van der Waals surface area contributed by atoms with E-state index < -0.39 is 51.1 Å². The molecule has 0 rings (SSSR count). The van der Waals surface area contributed by atoms with Crippen LogP contribution in [-0.2, 0) is 37.5 Å². The van der Waals surface area contributed by atoms with Gasteiger partial charge >= 0.3 is 25.7 Å². The number of aliphatic carboxylic acids is 1. The Morgan fingerprint density at radius 3 is 1.24 bits per heavy atom. The van der Waals surface area contributed by atoms with Crippen molar-refractivity contribution in [2.24, 2.45) is 5.73 Å². The van der Waals surface area contributed by atoms with Crippen molar-refractivity contribution in [3.8, 4) is 0 Å². The number of carboxylic acid groups (broad SMARTS) is 1. The molecule has 0 heterocycles. The second-order valence-corrected chi connectivity index (χ2v) is 18.8. The molecule has 0 aromatic heterocycles. The van der Waals surface area contributed by atoms with Gasteiger partial charge in [0.15, 0.2) is 6.10 Å².